The highest BCUT2D eigenvalue weighted by Crippen LogP contribution is 2.06. The van der Waals surface area contributed by atoms with Crippen LogP contribution in [0.25, 0.3) is 0 Å². The van der Waals surface area contributed by atoms with E-state index in [1.165, 1.54) is 0 Å². The summed E-state index contributed by atoms with van der Waals surface area (Å²) in [5.41, 5.74) is 0.188. The molecular formula is C6H7Cl4NO2. The summed E-state index contributed by atoms with van der Waals surface area (Å²) in [6.07, 6.45) is 0.0792. The maximum absolute atomic E-state index is 10.7. The second-order valence-corrected chi connectivity index (χ2v) is 3.66. The lowest BCUT2D eigenvalue weighted by molar-refractivity contribution is -0.143. The van der Waals surface area contributed by atoms with E-state index in [1.54, 1.807) is 0 Å². The molecule has 0 rings (SSSR count). The zero-order valence-electron chi connectivity index (χ0n) is 6.47. The largest absolute Gasteiger partial charge is 0.336 e. The van der Waals surface area contributed by atoms with E-state index in [4.69, 9.17) is 46.4 Å². The molecule has 0 N–H and O–H groups in total. The number of nitrogens with zero attached hydrogens (tertiary/aromatic N) is 1. The molecule has 0 saturated heterocycles. The zero-order valence-corrected chi connectivity index (χ0v) is 9.50. The average molecular weight is 267 g/mol. The van der Waals surface area contributed by atoms with E-state index < -0.39 is 10.8 Å². The molecule has 0 radical (unpaired) electrons. The van der Waals surface area contributed by atoms with Crippen LogP contribution >= 0.6 is 46.4 Å². The molecule has 3 nitrogen and oxygen atoms in total. The van der Waals surface area contributed by atoms with Crippen LogP contribution in [0, 0.1) is 0 Å². The maximum Gasteiger partial charge on any atom is 0.336 e. The normalized spacial score (nSPS) is 11.9. The molecule has 0 aliphatic rings. The van der Waals surface area contributed by atoms with Gasteiger partial charge >= 0.3 is 5.97 Å². The van der Waals surface area contributed by atoms with Crippen LogP contribution in [-0.4, -0.2) is 28.3 Å². The zero-order chi connectivity index (χ0) is 10.3. The van der Waals surface area contributed by atoms with Crippen molar-refractivity contribution >= 4 is 58.1 Å². The molecule has 0 amide bonds. The molecule has 0 bridgehead atoms. The molecule has 76 valence electrons. The Morgan fingerprint density at radius 3 is 2.38 bits per heavy atom. The standard InChI is InChI=1S/C6H7Cl4NO2/c7-2-1-5(12)13-11-4(3-8)6(9)10/h6H,1-3H2/b11-4+. The van der Waals surface area contributed by atoms with E-state index in [0.717, 1.165) is 0 Å². The van der Waals surface area contributed by atoms with Crippen LogP contribution in [0.15, 0.2) is 5.16 Å². The number of carbonyl (C=O) groups excluding carboxylic acids is 1. The van der Waals surface area contributed by atoms with Gasteiger partial charge < -0.3 is 4.84 Å². The first-order valence-electron chi connectivity index (χ1n) is 3.28. The van der Waals surface area contributed by atoms with Crippen LogP contribution in [0.1, 0.15) is 6.42 Å². The Bertz CT molecular complexity index is 195. The summed E-state index contributed by atoms with van der Waals surface area (Å²) in [4.78, 5) is 14.3. The van der Waals surface area contributed by atoms with E-state index in [-0.39, 0.29) is 23.9 Å². The maximum atomic E-state index is 10.7. The predicted molar refractivity (Wildman–Crippen MR) is 55.1 cm³/mol. The van der Waals surface area contributed by atoms with E-state index in [9.17, 15) is 4.79 Å². The van der Waals surface area contributed by atoms with Crippen LogP contribution in [0.5, 0.6) is 0 Å². The van der Waals surface area contributed by atoms with Gasteiger partial charge in [0.15, 0.2) is 0 Å². The summed E-state index contributed by atoms with van der Waals surface area (Å²) in [7, 11) is 0. The molecule has 0 aromatic rings. The number of rotatable bonds is 5. The molecule has 0 aliphatic heterocycles. The molecule has 0 aliphatic carbocycles. The van der Waals surface area contributed by atoms with Gasteiger partial charge in [0.1, 0.15) is 10.5 Å². The van der Waals surface area contributed by atoms with Gasteiger partial charge in [0.25, 0.3) is 0 Å². The smallest absolute Gasteiger partial charge is 0.318 e. The number of alkyl halides is 4. The van der Waals surface area contributed by atoms with Gasteiger partial charge in [-0.15, -0.1) is 23.2 Å². The molecular weight excluding hydrogens is 260 g/mol. The van der Waals surface area contributed by atoms with Gasteiger partial charge in [0.05, 0.1) is 12.3 Å². The topological polar surface area (TPSA) is 38.7 Å². The Balaban J connectivity index is 3.99. The van der Waals surface area contributed by atoms with Crippen molar-refractivity contribution < 1.29 is 9.63 Å². The Labute approximate surface area is 95.9 Å². The summed E-state index contributed by atoms with van der Waals surface area (Å²) in [5.74, 6) is -0.367. The van der Waals surface area contributed by atoms with Crippen molar-refractivity contribution in [2.45, 2.75) is 11.3 Å². The SMILES string of the molecule is O=C(CCCl)O/N=C(\CCl)C(Cl)Cl. The Kier molecular flexibility index (Phi) is 7.86. The number of hydrogen-bond donors (Lipinski definition) is 0. The second-order valence-electron chi connectivity index (χ2n) is 1.92. The van der Waals surface area contributed by atoms with Crippen molar-refractivity contribution in [3.63, 3.8) is 0 Å². The van der Waals surface area contributed by atoms with Crippen molar-refractivity contribution in [3.8, 4) is 0 Å². The van der Waals surface area contributed by atoms with Gasteiger partial charge in [0, 0.05) is 5.88 Å². The first-order valence-corrected chi connectivity index (χ1v) is 5.22. The molecule has 0 saturated carbocycles. The van der Waals surface area contributed by atoms with Crippen molar-refractivity contribution in [1.82, 2.24) is 0 Å². The van der Waals surface area contributed by atoms with E-state index in [1.807, 2.05) is 0 Å². The van der Waals surface area contributed by atoms with Crippen molar-refractivity contribution in [2.75, 3.05) is 11.8 Å². The minimum atomic E-state index is -0.874. The average Bonchev–Trinajstić information content (AvgIpc) is 2.05. The Morgan fingerprint density at radius 1 is 1.38 bits per heavy atom. The van der Waals surface area contributed by atoms with Gasteiger partial charge in [-0.05, 0) is 0 Å². The Morgan fingerprint density at radius 2 is 2.00 bits per heavy atom. The first kappa shape index (κ1) is 13.3. The van der Waals surface area contributed by atoms with Crippen LogP contribution in [0.3, 0.4) is 0 Å². The minimum absolute atomic E-state index is 0.00578. The molecule has 0 spiro atoms. The fourth-order valence-electron chi connectivity index (χ4n) is 0.355. The summed E-state index contributed by atoms with van der Waals surface area (Å²) in [6, 6.07) is 0. The van der Waals surface area contributed by atoms with Crippen LogP contribution in [-0.2, 0) is 9.63 Å². The summed E-state index contributed by atoms with van der Waals surface area (Å²) < 4.78 is 0. The van der Waals surface area contributed by atoms with E-state index in [2.05, 4.69) is 9.99 Å². The second kappa shape index (κ2) is 7.68. The lowest BCUT2D eigenvalue weighted by Crippen LogP contribution is -2.12. The van der Waals surface area contributed by atoms with E-state index >= 15 is 0 Å². The lowest BCUT2D eigenvalue weighted by atomic mass is 10.5. The molecule has 0 heterocycles. The highest BCUT2D eigenvalue weighted by Gasteiger charge is 2.10. The number of oxime groups is 1. The first-order chi connectivity index (χ1) is 6.11. The predicted octanol–water partition coefficient (Wildman–Crippen LogP) is 2.56. The quantitative estimate of drug-likeness (QED) is 0.332. The molecule has 13 heavy (non-hydrogen) atoms. The van der Waals surface area contributed by atoms with Crippen LogP contribution in [0.4, 0.5) is 0 Å². The highest BCUT2D eigenvalue weighted by molar-refractivity contribution is 6.56. The summed E-state index contributed by atoms with van der Waals surface area (Å²) >= 11 is 21.6. The summed E-state index contributed by atoms with van der Waals surface area (Å²) in [6.45, 7) is 0. The number of hydrogen-bond acceptors (Lipinski definition) is 3. The van der Waals surface area contributed by atoms with Gasteiger partial charge in [-0.3, -0.25) is 0 Å². The molecule has 0 fully saturated rings. The third kappa shape index (κ3) is 6.38. The lowest BCUT2D eigenvalue weighted by Gasteiger charge is -2.01. The Hall–Kier alpha value is 0.300. The monoisotopic (exact) mass is 265 g/mol. The number of halogens is 4. The molecule has 0 aromatic heterocycles. The fourth-order valence-corrected chi connectivity index (χ4v) is 1.10. The summed E-state index contributed by atoms with van der Waals surface area (Å²) in [5, 5.41) is 3.37. The molecule has 0 atom stereocenters. The molecule has 0 unspecified atom stereocenters. The third-order valence-corrected chi connectivity index (χ3v) is 1.92. The van der Waals surface area contributed by atoms with Gasteiger partial charge in [-0.1, -0.05) is 28.4 Å². The molecule has 7 heteroatoms. The number of carbonyl (C=O) groups is 1. The van der Waals surface area contributed by atoms with Gasteiger partial charge in [0.2, 0.25) is 0 Å². The fraction of sp³-hybridized carbons (Fsp3) is 0.667. The molecule has 0 aromatic carbocycles. The van der Waals surface area contributed by atoms with Crippen molar-refractivity contribution in [3.05, 3.63) is 0 Å². The van der Waals surface area contributed by atoms with Crippen LogP contribution in [0.2, 0.25) is 0 Å². The van der Waals surface area contributed by atoms with Crippen molar-refractivity contribution in [2.24, 2.45) is 5.16 Å². The van der Waals surface area contributed by atoms with Gasteiger partial charge in [-0.2, -0.15) is 0 Å². The highest BCUT2D eigenvalue weighted by atomic mass is 35.5. The van der Waals surface area contributed by atoms with Gasteiger partial charge in [-0.25, -0.2) is 4.79 Å². The minimum Gasteiger partial charge on any atom is -0.318 e. The third-order valence-electron chi connectivity index (χ3n) is 0.952. The van der Waals surface area contributed by atoms with Crippen molar-refractivity contribution in [1.29, 1.82) is 0 Å². The van der Waals surface area contributed by atoms with Crippen LogP contribution < -0.4 is 0 Å². The van der Waals surface area contributed by atoms with E-state index in [0.29, 0.717) is 0 Å².